The second-order valence-corrected chi connectivity index (χ2v) is 6.37. The van der Waals surface area contributed by atoms with Crippen LogP contribution in [0.15, 0.2) is 42.6 Å². The van der Waals surface area contributed by atoms with E-state index in [0.29, 0.717) is 43.4 Å². The number of halogens is 2. The molecule has 3 rings (SSSR count). The highest BCUT2D eigenvalue weighted by Crippen LogP contribution is 2.40. The Kier molecular flexibility index (Phi) is 5.31. The third-order valence-corrected chi connectivity index (χ3v) is 4.42. The molecule has 0 radical (unpaired) electrons. The highest BCUT2D eigenvalue weighted by molar-refractivity contribution is 6.35. The van der Waals surface area contributed by atoms with Crippen LogP contribution in [0.1, 0.15) is 10.4 Å². The van der Waals surface area contributed by atoms with Crippen molar-refractivity contribution in [2.24, 2.45) is 0 Å². The van der Waals surface area contributed by atoms with Gasteiger partial charge in [-0.15, -0.1) is 6.42 Å². The van der Waals surface area contributed by atoms with Gasteiger partial charge < -0.3 is 4.74 Å². The second-order valence-electron chi connectivity index (χ2n) is 5.53. The number of hydrogen-bond acceptors (Lipinski definition) is 4. The number of aromatic nitrogens is 1. The molecule has 0 saturated carbocycles. The lowest BCUT2D eigenvalue weighted by Gasteiger charge is -2.14. The summed E-state index contributed by atoms with van der Waals surface area (Å²) < 4.78 is 5.44. The van der Waals surface area contributed by atoms with Gasteiger partial charge in [0.1, 0.15) is 5.75 Å². The van der Waals surface area contributed by atoms with Gasteiger partial charge in [-0.2, -0.15) is 0 Å². The van der Waals surface area contributed by atoms with Gasteiger partial charge in [0.05, 0.1) is 17.6 Å². The van der Waals surface area contributed by atoms with Crippen LogP contribution in [0.3, 0.4) is 0 Å². The topological polar surface area (TPSA) is 75.1 Å². The normalized spacial score (nSPS) is 10.3. The summed E-state index contributed by atoms with van der Waals surface area (Å²) in [6.07, 6.45) is 6.65. The molecule has 7 heteroatoms. The first-order valence-corrected chi connectivity index (χ1v) is 8.49. The summed E-state index contributed by atoms with van der Waals surface area (Å²) in [7, 11) is 1.54. The largest absolute Gasteiger partial charge is 0.496 e. The van der Waals surface area contributed by atoms with Crippen molar-refractivity contribution in [2.75, 3.05) is 7.11 Å². The minimum Gasteiger partial charge on any atom is -0.496 e. The Balaban J connectivity index is 2.22. The van der Waals surface area contributed by atoms with Gasteiger partial charge in [-0.25, -0.2) is 0 Å². The van der Waals surface area contributed by atoms with E-state index in [1.54, 1.807) is 42.6 Å². The molecule has 1 aromatic heterocycles. The maximum absolute atomic E-state index is 12.3. The van der Waals surface area contributed by atoms with Crippen LogP contribution < -0.4 is 10.1 Å². The van der Waals surface area contributed by atoms with E-state index in [0.717, 1.165) is 0 Å². The number of rotatable bonds is 3. The van der Waals surface area contributed by atoms with Crippen molar-refractivity contribution >= 4 is 45.8 Å². The molecular formula is C20H13Cl2N3O2. The fourth-order valence-corrected chi connectivity index (χ4v) is 3.09. The van der Waals surface area contributed by atoms with Crippen molar-refractivity contribution in [2.45, 2.75) is 0 Å². The van der Waals surface area contributed by atoms with E-state index in [1.165, 1.54) is 7.11 Å². The first-order chi connectivity index (χ1) is 12.9. The average molecular weight is 398 g/mol. The van der Waals surface area contributed by atoms with Crippen molar-refractivity contribution in [3.8, 4) is 29.2 Å². The van der Waals surface area contributed by atoms with Gasteiger partial charge in [0.2, 0.25) is 0 Å². The van der Waals surface area contributed by atoms with E-state index in [9.17, 15) is 4.79 Å². The Morgan fingerprint density at radius 1 is 1.26 bits per heavy atom. The smallest absolute Gasteiger partial charge is 0.257 e. The number of amidine groups is 1. The van der Waals surface area contributed by atoms with Gasteiger partial charge in [-0.05, 0) is 42.3 Å². The minimum atomic E-state index is -0.492. The lowest BCUT2D eigenvalue weighted by atomic mass is 9.98. The molecule has 0 atom stereocenters. The predicted octanol–water partition coefficient (Wildman–Crippen LogP) is 4.56. The number of carbonyl (C=O) groups excluding carboxylic acids is 1. The maximum Gasteiger partial charge on any atom is 0.257 e. The highest BCUT2D eigenvalue weighted by atomic mass is 35.5. The number of amides is 1. The first-order valence-electron chi connectivity index (χ1n) is 7.73. The number of methoxy groups -OCH3 is 1. The zero-order valence-corrected chi connectivity index (χ0v) is 15.7. The molecular weight excluding hydrogens is 385 g/mol. The zero-order chi connectivity index (χ0) is 19.6. The lowest BCUT2D eigenvalue weighted by molar-refractivity contribution is 0.0977. The maximum atomic E-state index is 12.3. The van der Waals surface area contributed by atoms with Gasteiger partial charge in [-0.3, -0.25) is 20.5 Å². The van der Waals surface area contributed by atoms with Crippen molar-refractivity contribution in [3.63, 3.8) is 0 Å². The van der Waals surface area contributed by atoms with Crippen LogP contribution >= 0.6 is 23.2 Å². The summed E-state index contributed by atoms with van der Waals surface area (Å²) >= 11 is 12.5. The van der Waals surface area contributed by atoms with Crippen LogP contribution in [0.2, 0.25) is 10.0 Å². The number of terminal acetylenes is 1. The van der Waals surface area contributed by atoms with Gasteiger partial charge in [-0.1, -0.05) is 23.2 Å². The molecule has 0 aliphatic heterocycles. The molecule has 2 N–H and O–H groups in total. The van der Waals surface area contributed by atoms with Crippen LogP contribution in [0.25, 0.3) is 22.0 Å². The standard InChI is InChI=1S/C20H13Cl2N3O2/c1-3-18(23)25-20(26)11-4-7-16-14(8-11)19(15(22)10-24-16)13-6-5-12(21)9-17(13)27-2/h1,4-10H,2H3,(H2,23,25,26). The molecule has 0 aliphatic rings. The molecule has 0 spiro atoms. The molecule has 0 fully saturated rings. The quantitative estimate of drug-likeness (QED) is 0.386. The number of hydrogen-bond donors (Lipinski definition) is 2. The van der Waals surface area contributed by atoms with Crippen LogP contribution in [-0.2, 0) is 0 Å². The monoisotopic (exact) mass is 397 g/mol. The molecule has 5 nitrogen and oxygen atoms in total. The van der Waals surface area contributed by atoms with E-state index >= 15 is 0 Å². The summed E-state index contributed by atoms with van der Waals surface area (Å²) in [4.78, 5) is 16.6. The Bertz CT molecular complexity index is 1120. The summed E-state index contributed by atoms with van der Waals surface area (Å²) in [5.41, 5.74) is 2.35. The number of benzene rings is 2. The average Bonchev–Trinajstić information content (AvgIpc) is 2.67. The number of nitrogens with one attached hydrogen (secondary N) is 2. The van der Waals surface area contributed by atoms with Crippen LogP contribution in [-0.4, -0.2) is 23.8 Å². The molecule has 0 bridgehead atoms. The summed E-state index contributed by atoms with van der Waals surface area (Å²) in [5, 5.41) is 11.3. The minimum absolute atomic E-state index is 0.316. The second kappa shape index (κ2) is 7.67. The summed E-state index contributed by atoms with van der Waals surface area (Å²) in [5.74, 6) is 1.79. The SMILES string of the molecule is C#CC(=N)NC(=O)c1ccc2ncc(Cl)c(-c3ccc(Cl)cc3OC)c2c1. The fraction of sp³-hybridized carbons (Fsp3) is 0.0500. The summed E-state index contributed by atoms with van der Waals surface area (Å²) in [6.45, 7) is 0. The lowest BCUT2D eigenvalue weighted by Crippen LogP contribution is -2.28. The van der Waals surface area contributed by atoms with Crippen LogP contribution in [0.5, 0.6) is 5.75 Å². The Morgan fingerprint density at radius 3 is 2.74 bits per heavy atom. The number of carbonyl (C=O) groups is 1. The first kappa shape index (κ1) is 18.7. The Hall–Kier alpha value is -3.07. The number of nitrogens with zero attached hydrogens (tertiary/aromatic N) is 1. The molecule has 1 amide bonds. The number of pyridine rings is 1. The molecule has 2 aromatic carbocycles. The van der Waals surface area contributed by atoms with Crippen molar-refractivity contribution in [1.82, 2.24) is 10.3 Å². The Labute approximate surface area is 165 Å². The fourth-order valence-electron chi connectivity index (χ4n) is 2.68. The molecule has 1 heterocycles. The predicted molar refractivity (Wildman–Crippen MR) is 108 cm³/mol. The molecule has 0 saturated heterocycles. The van der Waals surface area contributed by atoms with Gasteiger partial charge in [0.15, 0.2) is 5.84 Å². The molecule has 27 heavy (non-hydrogen) atoms. The van der Waals surface area contributed by atoms with Crippen LogP contribution in [0.4, 0.5) is 0 Å². The highest BCUT2D eigenvalue weighted by Gasteiger charge is 2.17. The number of ether oxygens (including phenoxy) is 1. The van der Waals surface area contributed by atoms with Gasteiger partial charge in [0, 0.05) is 33.3 Å². The van der Waals surface area contributed by atoms with E-state index in [-0.39, 0.29) is 5.84 Å². The van der Waals surface area contributed by atoms with E-state index in [4.69, 9.17) is 39.8 Å². The van der Waals surface area contributed by atoms with Crippen molar-refractivity contribution < 1.29 is 9.53 Å². The van der Waals surface area contributed by atoms with E-state index in [1.807, 2.05) is 0 Å². The Morgan fingerprint density at radius 2 is 2.04 bits per heavy atom. The number of fused-ring (bicyclic) bond motifs is 1. The third kappa shape index (κ3) is 3.72. The van der Waals surface area contributed by atoms with Crippen molar-refractivity contribution in [3.05, 3.63) is 58.2 Å². The van der Waals surface area contributed by atoms with Gasteiger partial charge in [0.25, 0.3) is 5.91 Å². The molecule has 0 unspecified atom stereocenters. The zero-order valence-electron chi connectivity index (χ0n) is 14.1. The van der Waals surface area contributed by atoms with Gasteiger partial charge >= 0.3 is 0 Å². The molecule has 0 aliphatic carbocycles. The van der Waals surface area contributed by atoms with E-state index in [2.05, 4.69) is 16.2 Å². The van der Waals surface area contributed by atoms with Crippen LogP contribution in [0, 0.1) is 17.8 Å². The van der Waals surface area contributed by atoms with Crippen molar-refractivity contribution in [1.29, 1.82) is 5.41 Å². The summed E-state index contributed by atoms with van der Waals surface area (Å²) in [6, 6.07) is 10.2. The third-order valence-electron chi connectivity index (χ3n) is 3.90. The molecule has 134 valence electrons. The molecule has 3 aromatic rings. The van der Waals surface area contributed by atoms with E-state index < -0.39 is 5.91 Å².